The van der Waals surface area contributed by atoms with Crippen molar-refractivity contribution in [2.24, 2.45) is 5.92 Å². The van der Waals surface area contributed by atoms with Crippen LogP contribution in [0, 0.1) is 5.92 Å². The average Bonchev–Trinajstić information content (AvgIpc) is 2.75. The third-order valence-electron chi connectivity index (χ3n) is 3.28. The number of hydrogen-bond donors (Lipinski definition) is 1. The Kier molecular flexibility index (Phi) is 5.53. The Balaban J connectivity index is 2.49. The zero-order valence-electron chi connectivity index (χ0n) is 11.0. The van der Waals surface area contributed by atoms with Gasteiger partial charge in [-0.1, -0.05) is 20.3 Å². The van der Waals surface area contributed by atoms with Gasteiger partial charge in [-0.15, -0.1) is 0 Å². The summed E-state index contributed by atoms with van der Waals surface area (Å²) < 4.78 is 1.99. The van der Waals surface area contributed by atoms with Crippen LogP contribution in [0.25, 0.3) is 0 Å². The van der Waals surface area contributed by atoms with Crippen LogP contribution in [0.2, 0.25) is 0 Å². The number of nitrogens with zero attached hydrogens (tertiary/aromatic N) is 2. The first-order valence-electron chi connectivity index (χ1n) is 6.38. The van der Waals surface area contributed by atoms with Gasteiger partial charge in [-0.25, -0.2) is 0 Å². The van der Waals surface area contributed by atoms with Crippen molar-refractivity contribution in [2.75, 3.05) is 7.05 Å². The van der Waals surface area contributed by atoms with Crippen LogP contribution >= 0.6 is 0 Å². The second kappa shape index (κ2) is 6.69. The molecule has 1 rings (SSSR count). The molecular formula is C13H25N3. The monoisotopic (exact) mass is 223 g/mol. The van der Waals surface area contributed by atoms with Crippen LogP contribution in [-0.4, -0.2) is 22.9 Å². The van der Waals surface area contributed by atoms with E-state index < -0.39 is 0 Å². The molecule has 1 aromatic rings. The number of likely N-dealkylation sites (N-methyl/N-ethyl adjacent to an activating group) is 1. The van der Waals surface area contributed by atoms with E-state index in [1.165, 1.54) is 18.4 Å². The molecule has 0 aliphatic heterocycles. The summed E-state index contributed by atoms with van der Waals surface area (Å²) >= 11 is 0. The molecule has 2 unspecified atom stereocenters. The van der Waals surface area contributed by atoms with Crippen molar-refractivity contribution in [1.82, 2.24) is 15.1 Å². The van der Waals surface area contributed by atoms with Crippen LogP contribution in [0.4, 0.5) is 0 Å². The normalized spacial score (nSPS) is 15.0. The zero-order chi connectivity index (χ0) is 12.0. The summed E-state index contributed by atoms with van der Waals surface area (Å²) in [5, 5.41) is 7.72. The van der Waals surface area contributed by atoms with Gasteiger partial charge in [0.05, 0.1) is 6.20 Å². The van der Waals surface area contributed by atoms with E-state index in [9.17, 15) is 0 Å². The molecule has 2 atom stereocenters. The first-order valence-corrected chi connectivity index (χ1v) is 6.38. The molecular weight excluding hydrogens is 198 g/mol. The Bertz CT molecular complexity index is 293. The third-order valence-corrected chi connectivity index (χ3v) is 3.28. The van der Waals surface area contributed by atoms with E-state index in [1.54, 1.807) is 0 Å². The minimum Gasteiger partial charge on any atom is -0.317 e. The van der Waals surface area contributed by atoms with E-state index in [0.29, 0.717) is 6.04 Å². The molecule has 0 fully saturated rings. The van der Waals surface area contributed by atoms with Crippen LogP contribution in [0.3, 0.4) is 0 Å². The van der Waals surface area contributed by atoms with Crippen LogP contribution in [0.1, 0.15) is 39.2 Å². The van der Waals surface area contributed by atoms with E-state index in [4.69, 9.17) is 0 Å². The highest BCUT2D eigenvalue weighted by Crippen LogP contribution is 2.13. The maximum absolute atomic E-state index is 4.31. The second-order valence-electron chi connectivity index (χ2n) is 4.64. The summed E-state index contributed by atoms with van der Waals surface area (Å²) in [4.78, 5) is 0. The molecule has 0 saturated heterocycles. The largest absolute Gasteiger partial charge is 0.317 e. The van der Waals surface area contributed by atoms with Gasteiger partial charge in [0.2, 0.25) is 0 Å². The Morgan fingerprint density at radius 1 is 1.44 bits per heavy atom. The first-order chi connectivity index (χ1) is 7.69. The van der Waals surface area contributed by atoms with Crippen molar-refractivity contribution in [2.45, 2.75) is 52.6 Å². The quantitative estimate of drug-likeness (QED) is 0.769. The third kappa shape index (κ3) is 3.97. The SMILES string of the molecule is CCC(C)CC(Cc1cnn(CC)c1)NC. The molecule has 3 nitrogen and oxygen atoms in total. The summed E-state index contributed by atoms with van der Waals surface area (Å²) in [6, 6.07) is 0.574. The number of aromatic nitrogens is 2. The molecule has 0 bridgehead atoms. The predicted octanol–water partition coefficient (Wildman–Crippen LogP) is 2.47. The van der Waals surface area contributed by atoms with Gasteiger partial charge < -0.3 is 5.32 Å². The van der Waals surface area contributed by atoms with Crippen molar-refractivity contribution in [3.63, 3.8) is 0 Å². The van der Waals surface area contributed by atoms with Crippen molar-refractivity contribution >= 4 is 0 Å². The zero-order valence-corrected chi connectivity index (χ0v) is 11.0. The molecule has 1 N–H and O–H groups in total. The lowest BCUT2D eigenvalue weighted by Gasteiger charge is -2.18. The summed E-state index contributed by atoms with van der Waals surface area (Å²) in [6.45, 7) is 7.65. The Morgan fingerprint density at radius 3 is 2.69 bits per heavy atom. The standard InChI is InChI=1S/C13H25N3/c1-5-11(3)7-13(14-4)8-12-9-15-16(6-2)10-12/h9-11,13-14H,5-8H2,1-4H3. The average molecular weight is 223 g/mol. The van der Waals surface area contributed by atoms with E-state index in [1.807, 2.05) is 10.9 Å². The lowest BCUT2D eigenvalue weighted by molar-refractivity contribution is 0.410. The fourth-order valence-corrected chi connectivity index (χ4v) is 1.92. The first kappa shape index (κ1) is 13.2. The Labute approximate surface area is 99.2 Å². The fourth-order valence-electron chi connectivity index (χ4n) is 1.92. The lowest BCUT2D eigenvalue weighted by atomic mass is 9.96. The van der Waals surface area contributed by atoms with Gasteiger partial charge in [0.25, 0.3) is 0 Å². The maximum Gasteiger partial charge on any atom is 0.0522 e. The minimum atomic E-state index is 0.574. The maximum atomic E-state index is 4.31. The molecule has 92 valence electrons. The van der Waals surface area contributed by atoms with Gasteiger partial charge in [-0.2, -0.15) is 5.10 Å². The van der Waals surface area contributed by atoms with Crippen LogP contribution in [0.5, 0.6) is 0 Å². The van der Waals surface area contributed by atoms with Crippen molar-refractivity contribution < 1.29 is 0 Å². The summed E-state index contributed by atoms with van der Waals surface area (Å²) in [5.41, 5.74) is 1.34. The molecule has 3 heteroatoms. The van der Waals surface area contributed by atoms with Crippen LogP contribution in [0.15, 0.2) is 12.4 Å². The minimum absolute atomic E-state index is 0.574. The van der Waals surface area contributed by atoms with Crippen molar-refractivity contribution in [1.29, 1.82) is 0 Å². The fraction of sp³-hybridized carbons (Fsp3) is 0.769. The van der Waals surface area contributed by atoms with Gasteiger partial charge in [0.1, 0.15) is 0 Å². The van der Waals surface area contributed by atoms with Gasteiger partial charge in [-0.05, 0) is 38.3 Å². The molecule has 1 aromatic heterocycles. The topological polar surface area (TPSA) is 29.9 Å². The summed E-state index contributed by atoms with van der Waals surface area (Å²) in [6.07, 6.45) is 7.73. The van der Waals surface area contributed by atoms with E-state index in [-0.39, 0.29) is 0 Å². The van der Waals surface area contributed by atoms with Gasteiger partial charge >= 0.3 is 0 Å². The van der Waals surface area contributed by atoms with Crippen molar-refractivity contribution in [3.05, 3.63) is 18.0 Å². The van der Waals surface area contributed by atoms with E-state index >= 15 is 0 Å². The van der Waals surface area contributed by atoms with Gasteiger partial charge in [-0.3, -0.25) is 4.68 Å². The number of rotatable bonds is 7. The number of nitrogens with one attached hydrogen (secondary N) is 1. The Morgan fingerprint density at radius 2 is 2.19 bits per heavy atom. The van der Waals surface area contributed by atoms with Gasteiger partial charge in [0, 0.05) is 18.8 Å². The molecule has 16 heavy (non-hydrogen) atoms. The van der Waals surface area contributed by atoms with Crippen LogP contribution < -0.4 is 5.32 Å². The number of hydrogen-bond acceptors (Lipinski definition) is 2. The molecule has 1 heterocycles. The smallest absolute Gasteiger partial charge is 0.0522 e. The Hall–Kier alpha value is -0.830. The van der Waals surface area contributed by atoms with E-state index in [0.717, 1.165) is 18.9 Å². The highest BCUT2D eigenvalue weighted by atomic mass is 15.3. The molecule has 0 aromatic carbocycles. The molecule has 0 spiro atoms. The summed E-state index contributed by atoms with van der Waals surface area (Å²) in [7, 11) is 2.05. The van der Waals surface area contributed by atoms with E-state index in [2.05, 4.69) is 44.4 Å². The second-order valence-corrected chi connectivity index (χ2v) is 4.64. The van der Waals surface area contributed by atoms with Crippen molar-refractivity contribution in [3.8, 4) is 0 Å². The highest BCUT2D eigenvalue weighted by molar-refractivity contribution is 5.06. The lowest BCUT2D eigenvalue weighted by Crippen LogP contribution is -2.29. The number of aryl methyl sites for hydroxylation is 1. The predicted molar refractivity (Wildman–Crippen MR) is 68.5 cm³/mol. The summed E-state index contributed by atoms with van der Waals surface area (Å²) in [5.74, 6) is 0.790. The van der Waals surface area contributed by atoms with Gasteiger partial charge in [0.15, 0.2) is 0 Å². The molecule has 0 amide bonds. The van der Waals surface area contributed by atoms with Crippen LogP contribution in [-0.2, 0) is 13.0 Å². The molecule has 0 radical (unpaired) electrons. The molecule has 0 aliphatic rings. The molecule has 0 saturated carbocycles. The molecule has 0 aliphatic carbocycles. The highest BCUT2D eigenvalue weighted by Gasteiger charge is 2.11.